The second-order valence-corrected chi connectivity index (χ2v) is 6.64. The molecule has 0 aliphatic heterocycles. The van der Waals surface area contributed by atoms with E-state index in [1.165, 1.54) is 36.8 Å². The van der Waals surface area contributed by atoms with Crippen molar-refractivity contribution >= 4 is 0 Å². The average Bonchev–Trinajstić information content (AvgIpc) is 2.64. The molecule has 0 atom stereocenters. The maximum Gasteiger partial charge on any atom is 0.0771 e. The molecule has 0 spiro atoms. The van der Waals surface area contributed by atoms with Crippen LogP contribution >= 0.6 is 0 Å². The molecule has 0 radical (unpaired) electrons. The van der Waals surface area contributed by atoms with E-state index in [1.54, 1.807) is 0 Å². The van der Waals surface area contributed by atoms with E-state index >= 15 is 0 Å². The Morgan fingerprint density at radius 1 is 1.05 bits per heavy atom. The van der Waals surface area contributed by atoms with Gasteiger partial charge in [-0.15, -0.1) is 0 Å². The van der Waals surface area contributed by atoms with E-state index in [4.69, 9.17) is 0 Å². The first kappa shape index (κ1) is 15.5. The molecule has 20 heavy (non-hydrogen) atoms. The third kappa shape index (κ3) is 4.60. The highest BCUT2D eigenvalue weighted by Gasteiger charge is 2.27. The van der Waals surface area contributed by atoms with Gasteiger partial charge in [0.25, 0.3) is 0 Å². The standard InChI is InChI=1S/C18H29NO/c1-15(2)17-9-7-16(8-10-17)13-19-14-18(20)11-5-3-4-6-12-18/h7-10,15,19-20H,3-6,11-14H2,1-2H3. The molecule has 2 N–H and O–H groups in total. The summed E-state index contributed by atoms with van der Waals surface area (Å²) in [5.41, 5.74) is 2.21. The van der Waals surface area contributed by atoms with Crippen molar-refractivity contribution in [2.24, 2.45) is 0 Å². The molecule has 2 heteroatoms. The summed E-state index contributed by atoms with van der Waals surface area (Å²) in [6.45, 7) is 6.00. The van der Waals surface area contributed by atoms with Crippen LogP contribution in [0, 0.1) is 0 Å². The van der Waals surface area contributed by atoms with Gasteiger partial charge in [-0.1, -0.05) is 63.8 Å². The van der Waals surface area contributed by atoms with E-state index in [-0.39, 0.29) is 0 Å². The summed E-state index contributed by atoms with van der Waals surface area (Å²) in [7, 11) is 0. The molecule has 2 nitrogen and oxygen atoms in total. The van der Waals surface area contributed by atoms with Crippen LogP contribution in [0.3, 0.4) is 0 Å². The van der Waals surface area contributed by atoms with E-state index in [2.05, 4.69) is 43.4 Å². The Bertz CT molecular complexity index is 388. The van der Waals surface area contributed by atoms with Gasteiger partial charge < -0.3 is 10.4 Å². The Morgan fingerprint density at radius 3 is 2.20 bits per heavy atom. The predicted octanol–water partition coefficient (Wildman–Crippen LogP) is 3.98. The lowest BCUT2D eigenvalue weighted by Crippen LogP contribution is -2.39. The average molecular weight is 275 g/mol. The number of rotatable bonds is 5. The van der Waals surface area contributed by atoms with Crippen LogP contribution in [-0.4, -0.2) is 17.3 Å². The Hall–Kier alpha value is -0.860. The van der Waals surface area contributed by atoms with Gasteiger partial charge in [-0.05, 0) is 29.9 Å². The summed E-state index contributed by atoms with van der Waals surface area (Å²) in [6, 6.07) is 8.81. The maximum absolute atomic E-state index is 10.6. The highest BCUT2D eigenvalue weighted by atomic mass is 16.3. The van der Waals surface area contributed by atoms with Crippen LogP contribution in [0.2, 0.25) is 0 Å². The van der Waals surface area contributed by atoms with Gasteiger partial charge >= 0.3 is 0 Å². The summed E-state index contributed by atoms with van der Waals surface area (Å²) < 4.78 is 0. The lowest BCUT2D eigenvalue weighted by atomic mass is 9.94. The summed E-state index contributed by atoms with van der Waals surface area (Å²) in [5, 5.41) is 14.0. The number of benzene rings is 1. The van der Waals surface area contributed by atoms with E-state index in [1.807, 2.05) is 0 Å². The van der Waals surface area contributed by atoms with Crippen molar-refractivity contribution in [2.75, 3.05) is 6.54 Å². The summed E-state index contributed by atoms with van der Waals surface area (Å²) in [6.07, 6.45) is 6.79. The fraction of sp³-hybridized carbons (Fsp3) is 0.667. The van der Waals surface area contributed by atoms with Crippen LogP contribution < -0.4 is 5.32 Å². The van der Waals surface area contributed by atoms with Gasteiger partial charge in [-0.25, -0.2) is 0 Å². The van der Waals surface area contributed by atoms with Gasteiger partial charge in [0.2, 0.25) is 0 Å². The first-order chi connectivity index (χ1) is 9.59. The van der Waals surface area contributed by atoms with Crippen molar-refractivity contribution < 1.29 is 5.11 Å². The third-order valence-corrected chi connectivity index (χ3v) is 4.46. The van der Waals surface area contributed by atoms with Crippen LogP contribution in [0.15, 0.2) is 24.3 Å². The molecule has 1 aromatic carbocycles. The zero-order valence-corrected chi connectivity index (χ0v) is 13.0. The Balaban J connectivity index is 1.79. The van der Waals surface area contributed by atoms with Gasteiger partial charge in [0.15, 0.2) is 0 Å². The van der Waals surface area contributed by atoms with Gasteiger partial charge in [0, 0.05) is 13.1 Å². The van der Waals surface area contributed by atoms with Gasteiger partial charge in [-0.2, -0.15) is 0 Å². The lowest BCUT2D eigenvalue weighted by Gasteiger charge is -2.27. The highest BCUT2D eigenvalue weighted by molar-refractivity contribution is 5.24. The molecule has 2 rings (SSSR count). The zero-order chi connectivity index (χ0) is 14.4. The number of nitrogens with one attached hydrogen (secondary N) is 1. The van der Waals surface area contributed by atoms with E-state index in [9.17, 15) is 5.11 Å². The number of aliphatic hydroxyl groups is 1. The topological polar surface area (TPSA) is 32.3 Å². The Kier molecular flexibility index (Phi) is 5.62. The van der Waals surface area contributed by atoms with Crippen LogP contribution in [0.4, 0.5) is 0 Å². The Labute approximate surface area is 123 Å². The molecule has 1 aliphatic carbocycles. The van der Waals surface area contributed by atoms with Crippen molar-refractivity contribution in [3.8, 4) is 0 Å². The molecule has 0 saturated heterocycles. The minimum absolute atomic E-state index is 0.478. The minimum Gasteiger partial charge on any atom is -0.389 e. The Morgan fingerprint density at radius 2 is 1.65 bits per heavy atom. The number of hydrogen-bond donors (Lipinski definition) is 2. The molecule has 112 valence electrons. The van der Waals surface area contributed by atoms with Crippen molar-refractivity contribution in [3.63, 3.8) is 0 Å². The minimum atomic E-state index is -0.478. The molecule has 1 aromatic rings. The van der Waals surface area contributed by atoms with E-state index in [0.717, 1.165) is 25.9 Å². The highest BCUT2D eigenvalue weighted by Crippen LogP contribution is 2.26. The van der Waals surface area contributed by atoms with Crippen molar-refractivity contribution in [1.29, 1.82) is 0 Å². The first-order valence-electron chi connectivity index (χ1n) is 8.11. The molecule has 0 amide bonds. The quantitative estimate of drug-likeness (QED) is 0.797. The van der Waals surface area contributed by atoms with Gasteiger partial charge in [-0.3, -0.25) is 0 Å². The van der Waals surface area contributed by atoms with Gasteiger partial charge in [0.1, 0.15) is 0 Å². The largest absolute Gasteiger partial charge is 0.389 e. The van der Waals surface area contributed by atoms with E-state index in [0.29, 0.717) is 5.92 Å². The normalized spacial score (nSPS) is 19.0. The maximum atomic E-state index is 10.6. The van der Waals surface area contributed by atoms with Crippen LogP contribution in [-0.2, 0) is 6.54 Å². The van der Waals surface area contributed by atoms with Crippen molar-refractivity contribution in [1.82, 2.24) is 5.32 Å². The molecule has 0 bridgehead atoms. The summed E-state index contributed by atoms with van der Waals surface area (Å²) in [5.74, 6) is 0.587. The zero-order valence-electron chi connectivity index (χ0n) is 13.0. The molecule has 0 heterocycles. The fourth-order valence-corrected chi connectivity index (χ4v) is 3.02. The predicted molar refractivity (Wildman–Crippen MR) is 84.9 cm³/mol. The van der Waals surface area contributed by atoms with E-state index < -0.39 is 5.60 Å². The second kappa shape index (κ2) is 7.24. The van der Waals surface area contributed by atoms with Crippen LogP contribution in [0.1, 0.15) is 69.4 Å². The molecular weight excluding hydrogens is 246 g/mol. The summed E-state index contributed by atoms with van der Waals surface area (Å²) >= 11 is 0. The molecule has 1 aliphatic rings. The second-order valence-electron chi connectivity index (χ2n) is 6.64. The number of hydrogen-bond acceptors (Lipinski definition) is 2. The van der Waals surface area contributed by atoms with Crippen LogP contribution in [0.5, 0.6) is 0 Å². The SMILES string of the molecule is CC(C)c1ccc(CNCC2(O)CCCCCC2)cc1. The smallest absolute Gasteiger partial charge is 0.0771 e. The first-order valence-corrected chi connectivity index (χ1v) is 8.11. The molecule has 1 saturated carbocycles. The molecule has 0 unspecified atom stereocenters. The lowest BCUT2D eigenvalue weighted by molar-refractivity contribution is 0.0250. The summed E-state index contributed by atoms with van der Waals surface area (Å²) in [4.78, 5) is 0. The van der Waals surface area contributed by atoms with Crippen molar-refractivity contribution in [2.45, 2.75) is 70.4 Å². The molecule has 0 aromatic heterocycles. The monoisotopic (exact) mass is 275 g/mol. The molecule has 1 fully saturated rings. The fourth-order valence-electron chi connectivity index (χ4n) is 3.02. The van der Waals surface area contributed by atoms with Gasteiger partial charge in [0.05, 0.1) is 5.60 Å². The third-order valence-electron chi connectivity index (χ3n) is 4.46. The molecular formula is C18H29NO. The van der Waals surface area contributed by atoms with Crippen molar-refractivity contribution in [3.05, 3.63) is 35.4 Å². The van der Waals surface area contributed by atoms with Crippen LogP contribution in [0.25, 0.3) is 0 Å².